The first-order chi connectivity index (χ1) is 9.16. The van der Waals surface area contributed by atoms with E-state index in [2.05, 4.69) is 36.6 Å². The van der Waals surface area contributed by atoms with Crippen LogP contribution >= 0.6 is 0 Å². The zero-order valence-electron chi connectivity index (χ0n) is 11.1. The standard InChI is InChI=1S/C17H16FN/c1-12(2)19-16-9-8-15(18)10-14(16)11-17(19)13-6-4-3-5-7-13/h3-12H,1-2H3. The van der Waals surface area contributed by atoms with Crippen LogP contribution in [-0.2, 0) is 0 Å². The quantitative estimate of drug-likeness (QED) is 0.603. The molecule has 96 valence electrons. The maximum Gasteiger partial charge on any atom is 0.123 e. The lowest BCUT2D eigenvalue weighted by Gasteiger charge is -2.14. The molecule has 0 aliphatic carbocycles. The molecule has 2 heteroatoms. The molecular formula is C17H16FN. The van der Waals surface area contributed by atoms with Crippen LogP contribution in [0.1, 0.15) is 19.9 Å². The summed E-state index contributed by atoms with van der Waals surface area (Å²) < 4.78 is 15.6. The molecule has 0 aliphatic rings. The number of aromatic nitrogens is 1. The first-order valence-electron chi connectivity index (χ1n) is 6.53. The number of nitrogens with zero attached hydrogens (tertiary/aromatic N) is 1. The van der Waals surface area contributed by atoms with Gasteiger partial charge in [0.25, 0.3) is 0 Å². The number of rotatable bonds is 2. The summed E-state index contributed by atoms with van der Waals surface area (Å²) in [4.78, 5) is 0. The van der Waals surface area contributed by atoms with Crippen LogP contribution in [0.5, 0.6) is 0 Å². The highest BCUT2D eigenvalue weighted by Crippen LogP contribution is 2.31. The average molecular weight is 253 g/mol. The Labute approximate surface area is 112 Å². The molecule has 0 fully saturated rings. The largest absolute Gasteiger partial charge is 0.338 e. The maximum absolute atomic E-state index is 13.4. The molecular weight excluding hydrogens is 237 g/mol. The summed E-state index contributed by atoms with van der Waals surface area (Å²) in [6.07, 6.45) is 0. The summed E-state index contributed by atoms with van der Waals surface area (Å²) in [5.41, 5.74) is 3.37. The van der Waals surface area contributed by atoms with Crippen LogP contribution in [0.15, 0.2) is 54.6 Å². The molecule has 0 aliphatic heterocycles. The van der Waals surface area contributed by atoms with Gasteiger partial charge in [0, 0.05) is 22.6 Å². The second-order valence-corrected chi connectivity index (χ2v) is 5.06. The lowest BCUT2D eigenvalue weighted by Crippen LogP contribution is -2.02. The van der Waals surface area contributed by atoms with Gasteiger partial charge < -0.3 is 4.57 Å². The summed E-state index contributed by atoms with van der Waals surface area (Å²) in [6, 6.07) is 17.6. The monoisotopic (exact) mass is 253 g/mol. The molecule has 0 spiro atoms. The van der Waals surface area contributed by atoms with Gasteiger partial charge in [0.1, 0.15) is 5.82 Å². The highest BCUT2D eigenvalue weighted by atomic mass is 19.1. The topological polar surface area (TPSA) is 4.93 Å². The molecule has 0 unspecified atom stereocenters. The predicted molar refractivity (Wildman–Crippen MR) is 77.7 cm³/mol. The van der Waals surface area contributed by atoms with Crippen LogP contribution in [0, 0.1) is 5.82 Å². The minimum Gasteiger partial charge on any atom is -0.338 e. The Morgan fingerprint density at radius 1 is 0.947 bits per heavy atom. The number of hydrogen-bond acceptors (Lipinski definition) is 0. The first-order valence-corrected chi connectivity index (χ1v) is 6.53. The lowest BCUT2D eigenvalue weighted by molar-refractivity contribution is 0.622. The van der Waals surface area contributed by atoms with Crippen molar-refractivity contribution in [2.75, 3.05) is 0 Å². The van der Waals surface area contributed by atoms with Gasteiger partial charge in [-0.2, -0.15) is 0 Å². The summed E-state index contributed by atoms with van der Waals surface area (Å²) in [5.74, 6) is -0.187. The predicted octanol–water partition coefficient (Wildman–Crippen LogP) is 5.03. The van der Waals surface area contributed by atoms with Crippen molar-refractivity contribution in [1.82, 2.24) is 4.57 Å². The molecule has 1 nitrogen and oxygen atoms in total. The molecule has 0 bridgehead atoms. The van der Waals surface area contributed by atoms with E-state index in [1.54, 1.807) is 6.07 Å². The lowest BCUT2D eigenvalue weighted by atomic mass is 10.1. The molecule has 1 aromatic heterocycles. The minimum atomic E-state index is -0.187. The number of halogens is 1. The van der Waals surface area contributed by atoms with Crippen LogP contribution in [-0.4, -0.2) is 4.57 Å². The number of benzene rings is 2. The Balaban J connectivity index is 2.32. The summed E-state index contributed by atoms with van der Waals surface area (Å²) in [6.45, 7) is 4.30. The van der Waals surface area contributed by atoms with Crippen LogP contribution in [0.2, 0.25) is 0 Å². The van der Waals surface area contributed by atoms with Crippen LogP contribution < -0.4 is 0 Å². The van der Waals surface area contributed by atoms with Gasteiger partial charge in [0.05, 0.1) is 0 Å². The summed E-state index contributed by atoms with van der Waals surface area (Å²) >= 11 is 0. The second kappa shape index (κ2) is 4.54. The van der Waals surface area contributed by atoms with Gasteiger partial charge in [0.2, 0.25) is 0 Å². The second-order valence-electron chi connectivity index (χ2n) is 5.06. The molecule has 1 heterocycles. The van der Waals surface area contributed by atoms with Crippen molar-refractivity contribution in [2.24, 2.45) is 0 Å². The average Bonchev–Trinajstić information content (AvgIpc) is 2.78. The molecule has 0 N–H and O–H groups in total. The first kappa shape index (κ1) is 12.0. The van der Waals surface area contributed by atoms with E-state index in [1.165, 1.54) is 6.07 Å². The Morgan fingerprint density at radius 3 is 2.37 bits per heavy atom. The Bertz CT molecular complexity index is 711. The highest BCUT2D eigenvalue weighted by Gasteiger charge is 2.13. The third kappa shape index (κ3) is 2.03. The Hall–Kier alpha value is -2.09. The van der Waals surface area contributed by atoms with E-state index in [1.807, 2.05) is 24.3 Å². The van der Waals surface area contributed by atoms with E-state index in [0.29, 0.717) is 6.04 Å². The highest BCUT2D eigenvalue weighted by molar-refractivity contribution is 5.87. The zero-order chi connectivity index (χ0) is 13.4. The molecule has 0 radical (unpaired) electrons. The van der Waals surface area contributed by atoms with Gasteiger partial charge >= 0.3 is 0 Å². The number of hydrogen-bond donors (Lipinski definition) is 0. The Kier molecular flexibility index (Phi) is 2.86. The van der Waals surface area contributed by atoms with E-state index >= 15 is 0 Å². The fourth-order valence-corrected chi connectivity index (χ4v) is 2.59. The Morgan fingerprint density at radius 2 is 1.68 bits per heavy atom. The fraction of sp³-hybridized carbons (Fsp3) is 0.176. The normalized spacial score (nSPS) is 11.4. The molecule has 0 atom stereocenters. The smallest absolute Gasteiger partial charge is 0.123 e. The molecule has 0 saturated heterocycles. The van der Waals surface area contributed by atoms with Crippen molar-refractivity contribution in [3.63, 3.8) is 0 Å². The fourth-order valence-electron chi connectivity index (χ4n) is 2.59. The van der Waals surface area contributed by atoms with Gasteiger partial charge in [-0.15, -0.1) is 0 Å². The van der Waals surface area contributed by atoms with Gasteiger partial charge in [-0.25, -0.2) is 4.39 Å². The van der Waals surface area contributed by atoms with Crippen molar-refractivity contribution in [3.8, 4) is 11.3 Å². The van der Waals surface area contributed by atoms with Crippen molar-refractivity contribution >= 4 is 10.9 Å². The van der Waals surface area contributed by atoms with Crippen molar-refractivity contribution in [3.05, 3.63) is 60.4 Å². The molecule has 3 aromatic rings. The van der Waals surface area contributed by atoms with E-state index < -0.39 is 0 Å². The van der Waals surface area contributed by atoms with Gasteiger partial charge in [0.15, 0.2) is 0 Å². The molecule has 0 amide bonds. The summed E-state index contributed by atoms with van der Waals surface area (Å²) in [5, 5.41) is 0.951. The van der Waals surface area contributed by atoms with Gasteiger partial charge in [-0.1, -0.05) is 30.3 Å². The van der Waals surface area contributed by atoms with Crippen LogP contribution in [0.4, 0.5) is 4.39 Å². The van der Waals surface area contributed by atoms with Crippen molar-refractivity contribution < 1.29 is 4.39 Å². The SMILES string of the molecule is CC(C)n1c(-c2ccccc2)cc2cc(F)ccc21. The van der Waals surface area contributed by atoms with E-state index in [-0.39, 0.29) is 5.82 Å². The molecule has 19 heavy (non-hydrogen) atoms. The molecule has 3 rings (SSSR count). The van der Waals surface area contributed by atoms with Gasteiger partial charge in [-0.05, 0) is 43.7 Å². The summed E-state index contributed by atoms with van der Waals surface area (Å²) in [7, 11) is 0. The maximum atomic E-state index is 13.4. The molecule has 2 aromatic carbocycles. The van der Waals surface area contributed by atoms with Crippen LogP contribution in [0.25, 0.3) is 22.2 Å². The van der Waals surface area contributed by atoms with Crippen molar-refractivity contribution in [1.29, 1.82) is 0 Å². The third-order valence-electron chi connectivity index (χ3n) is 3.39. The minimum absolute atomic E-state index is 0.187. The van der Waals surface area contributed by atoms with Gasteiger partial charge in [-0.3, -0.25) is 0 Å². The van der Waals surface area contributed by atoms with E-state index in [9.17, 15) is 4.39 Å². The van der Waals surface area contributed by atoms with Crippen molar-refractivity contribution in [2.45, 2.75) is 19.9 Å². The van der Waals surface area contributed by atoms with E-state index in [4.69, 9.17) is 0 Å². The third-order valence-corrected chi connectivity index (χ3v) is 3.39. The van der Waals surface area contributed by atoms with Crippen LogP contribution in [0.3, 0.4) is 0 Å². The number of fused-ring (bicyclic) bond motifs is 1. The zero-order valence-corrected chi connectivity index (χ0v) is 11.1. The molecule has 0 saturated carbocycles. The van der Waals surface area contributed by atoms with E-state index in [0.717, 1.165) is 22.2 Å².